The van der Waals surface area contributed by atoms with Crippen LogP contribution in [0.4, 0.5) is 8.78 Å². The lowest BCUT2D eigenvalue weighted by molar-refractivity contribution is 0.549. The molecule has 0 amide bonds. The van der Waals surface area contributed by atoms with Gasteiger partial charge in [0.2, 0.25) is 0 Å². The van der Waals surface area contributed by atoms with Crippen molar-refractivity contribution in [2.45, 2.75) is 38.8 Å². The minimum Gasteiger partial charge on any atom is -0.310 e. The zero-order valence-corrected chi connectivity index (χ0v) is 10.7. The van der Waals surface area contributed by atoms with E-state index in [1.807, 2.05) is 0 Å². The van der Waals surface area contributed by atoms with Gasteiger partial charge in [-0.15, -0.1) is 12.4 Å². The number of hydrogen-bond acceptors (Lipinski definition) is 1. The van der Waals surface area contributed by atoms with Crippen molar-refractivity contribution in [2.75, 3.05) is 0 Å². The van der Waals surface area contributed by atoms with Gasteiger partial charge < -0.3 is 5.32 Å². The van der Waals surface area contributed by atoms with Crippen molar-refractivity contribution < 1.29 is 8.78 Å². The van der Waals surface area contributed by atoms with E-state index in [0.29, 0.717) is 18.2 Å². The van der Waals surface area contributed by atoms with Crippen LogP contribution < -0.4 is 5.32 Å². The first-order chi connectivity index (χ1) is 7.70. The molecular formula is C13H18ClF2N. The van der Waals surface area contributed by atoms with Gasteiger partial charge in [0, 0.05) is 24.2 Å². The highest BCUT2D eigenvalue weighted by Crippen LogP contribution is 2.34. The average Bonchev–Trinajstić information content (AvgIpc) is 2.96. The Kier molecular flexibility index (Phi) is 5.34. The molecule has 1 aromatic carbocycles. The van der Waals surface area contributed by atoms with Gasteiger partial charge in [-0.2, -0.15) is 0 Å². The third-order valence-electron chi connectivity index (χ3n) is 3.15. The van der Waals surface area contributed by atoms with Crippen LogP contribution in [-0.4, -0.2) is 6.04 Å². The van der Waals surface area contributed by atoms with E-state index in [2.05, 4.69) is 12.2 Å². The molecule has 4 heteroatoms. The van der Waals surface area contributed by atoms with Crippen LogP contribution in [0.5, 0.6) is 0 Å². The molecule has 0 aliphatic heterocycles. The third kappa shape index (κ3) is 3.93. The normalized spacial score (nSPS) is 22.1. The number of benzene rings is 1. The lowest BCUT2D eigenvalue weighted by Crippen LogP contribution is -2.18. The predicted octanol–water partition coefficient (Wildman–Crippen LogP) is 3.66. The van der Waals surface area contributed by atoms with Crippen molar-refractivity contribution in [3.8, 4) is 0 Å². The number of nitrogens with one attached hydrogen (secondary N) is 1. The molecule has 2 atom stereocenters. The zero-order chi connectivity index (χ0) is 11.5. The molecule has 0 radical (unpaired) electrons. The Morgan fingerprint density at radius 2 is 2.12 bits per heavy atom. The number of rotatable bonds is 5. The van der Waals surface area contributed by atoms with Crippen LogP contribution in [0, 0.1) is 17.6 Å². The maximum atomic E-state index is 13.3. The molecule has 0 saturated heterocycles. The molecule has 2 rings (SSSR count). The largest absolute Gasteiger partial charge is 0.310 e. The summed E-state index contributed by atoms with van der Waals surface area (Å²) in [5.74, 6) is -0.217. The van der Waals surface area contributed by atoms with E-state index in [1.165, 1.54) is 31.4 Å². The first-order valence-corrected chi connectivity index (χ1v) is 5.88. The van der Waals surface area contributed by atoms with E-state index in [9.17, 15) is 8.78 Å². The van der Waals surface area contributed by atoms with Gasteiger partial charge in [-0.1, -0.05) is 19.4 Å². The highest BCUT2D eigenvalue weighted by Gasteiger charge is 2.35. The van der Waals surface area contributed by atoms with Crippen molar-refractivity contribution in [2.24, 2.45) is 5.92 Å². The molecule has 1 nitrogen and oxygen atoms in total. The molecule has 2 unspecified atom stereocenters. The second kappa shape index (κ2) is 6.31. The third-order valence-corrected chi connectivity index (χ3v) is 3.15. The summed E-state index contributed by atoms with van der Waals surface area (Å²) in [5.41, 5.74) is 0.545. The summed E-state index contributed by atoms with van der Waals surface area (Å²) in [6.07, 6.45) is 3.63. The monoisotopic (exact) mass is 261 g/mol. The number of hydrogen-bond donors (Lipinski definition) is 1. The summed E-state index contributed by atoms with van der Waals surface area (Å²) in [6.45, 7) is 2.67. The van der Waals surface area contributed by atoms with Crippen LogP contribution in [0.3, 0.4) is 0 Å². The van der Waals surface area contributed by atoms with E-state index in [4.69, 9.17) is 0 Å². The molecule has 0 spiro atoms. The fourth-order valence-electron chi connectivity index (χ4n) is 2.09. The van der Waals surface area contributed by atoms with E-state index in [0.717, 1.165) is 12.0 Å². The zero-order valence-electron chi connectivity index (χ0n) is 9.88. The molecule has 1 aromatic rings. The number of halogens is 3. The molecular weight excluding hydrogens is 244 g/mol. The minimum atomic E-state index is -0.517. The molecule has 1 N–H and O–H groups in total. The average molecular weight is 262 g/mol. The van der Waals surface area contributed by atoms with E-state index in [1.54, 1.807) is 0 Å². The van der Waals surface area contributed by atoms with Crippen molar-refractivity contribution >= 4 is 12.4 Å². The smallest absolute Gasteiger partial charge is 0.130 e. The van der Waals surface area contributed by atoms with Gasteiger partial charge in [0.1, 0.15) is 11.6 Å². The van der Waals surface area contributed by atoms with Crippen molar-refractivity contribution in [3.63, 3.8) is 0 Å². The Balaban J connectivity index is 0.00000144. The van der Waals surface area contributed by atoms with E-state index < -0.39 is 11.6 Å². The first kappa shape index (κ1) is 14.4. The summed E-state index contributed by atoms with van der Waals surface area (Å²) in [4.78, 5) is 0. The molecule has 1 aliphatic rings. The standard InChI is InChI=1S/C13H17F2N.ClH/c1-2-3-9-6-13(9)16-8-10-4-5-11(14)7-12(10)15;/h4-5,7,9,13,16H,2-3,6,8H2,1H3;1H. The van der Waals surface area contributed by atoms with Crippen LogP contribution in [0.1, 0.15) is 31.7 Å². The fraction of sp³-hybridized carbons (Fsp3) is 0.538. The molecule has 96 valence electrons. The van der Waals surface area contributed by atoms with Gasteiger partial charge in [0.25, 0.3) is 0 Å². The van der Waals surface area contributed by atoms with Gasteiger partial charge in [0.15, 0.2) is 0 Å². The summed E-state index contributed by atoms with van der Waals surface area (Å²) in [5, 5.41) is 3.31. The summed E-state index contributed by atoms with van der Waals surface area (Å²) >= 11 is 0. The summed E-state index contributed by atoms with van der Waals surface area (Å²) in [6, 6.07) is 4.28. The molecule has 1 fully saturated rings. The first-order valence-electron chi connectivity index (χ1n) is 5.88. The quantitative estimate of drug-likeness (QED) is 0.853. The molecule has 0 aromatic heterocycles. The van der Waals surface area contributed by atoms with E-state index >= 15 is 0 Å². The maximum Gasteiger partial charge on any atom is 0.130 e. The molecule has 17 heavy (non-hydrogen) atoms. The van der Waals surface area contributed by atoms with Crippen LogP contribution in [0.25, 0.3) is 0 Å². The summed E-state index contributed by atoms with van der Waals surface area (Å²) in [7, 11) is 0. The predicted molar refractivity (Wildman–Crippen MR) is 67.2 cm³/mol. The van der Waals surface area contributed by atoms with Gasteiger partial charge in [-0.3, -0.25) is 0 Å². The van der Waals surface area contributed by atoms with Crippen molar-refractivity contribution in [1.82, 2.24) is 5.32 Å². The second-order valence-corrected chi connectivity index (χ2v) is 4.51. The van der Waals surface area contributed by atoms with Crippen LogP contribution in [-0.2, 0) is 6.54 Å². The van der Waals surface area contributed by atoms with Gasteiger partial charge in [-0.25, -0.2) is 8.78 Å². The van der Waals surface area contributed by atoms with Gasteiger partial charge in [-0.05, 0) is 24.8 Å². The fourth-order valence-corrected chi connectivity index (χ4v) is 2.09. The highest BCUT2D eigenvalue weighted by atomic mass is 35.5. The van der Waals surface area contributed by atoms with Gasteiger partial charge >= 0.3 is 0 Å². The maximum absolute atomic E-state index is 13.3. The van der Waals surface area contributed by atoms with Crippen LogP contribution in [0.15, 0.2) is 18.2 Å². The highest BCUT2D eigenvalue weighted by molar-refractivity contribution is 5.85. The van der Waals surface area contributed by atoms with Crippen LogP contribution >= 0.6 is 12.4 Å². The Labute approximate surface area is 107 Å². The SMILES string of the molecule is CCCC1CC1NCc1ccc(F)cc1F.Cl. The topological polar surface area (TPSA) is 12.0 Å². The molecule has 1 saturated carbocycles. The Morgan fingerprint density at radius 3 is 2.76 bits per heavy atom. The molecule has 0 bridgehead atoms. The lowest BCUT2D eigenvalue weighted by Gasteiger charge is -2.05. The Hall–Kier alpha value is -0.670. The second-order valence-electron chi connectivity index (χ2n) is 4.51. The van der Waals surface area contributed by atoms with E-state index in [-0.39, 0.29) is 12.4 Å². The van der Waals surface area contributed by atoms with Crippen LogP contribution in [0.2, 0.25) is 0 Å². The Morgan fingerprint density at radius 1 is 1.35 bits per heavy atom. The lowest BCUT2D eigenvalue weighted by atomic mass is 10.2. The van der Waals surface area contributed by atoms with Crippen molar-refractivity contribution in [3.05, 3.63) is 35.4 Å². The molecule has 0 heterocycles. The Bertz CT molecular complexity index is 370. The van der Waals surface area contributed by atoms with Gasteiger partial charge in [0.05, 0.1) is 0 Å². The minimum absolute atomic E-state index is 0. The van der Waals surface area contributed by atoms with Crippen molar-refractivity contribution in [1.29, 1.82) is 0 Å². The molecule has 1 aliphatic carbocycles. The summed E-state index contributed by atoms with van der Waals surface area (Å²) < 4.78 is 25.9.